The molecule has 28 heavy (non-hydrogen) atoms. The lowest BCUT2D eigenvalue weighted by Gasteiger charge is -2.13. The molecule has 144 valence electrons. The average molecular weight is 399 g/mol. The number of amides is 3. The van der Waals surface area contributed by atoms with Crippen LogP contribution < -0.4 is 11.1 Å². The number of imide groups is 1. The van der Waals surface area contributed by atoms with Crippen molar-refractivity contribution in [1.82, 2.24) is 20.1 Å². The number of rotatable bonds is 6. The fourth-order valence-electron chi connectivity index (χ4n) is 2.56. The van der Waals surface area contributed by atoms with E-state index in [4.69, 9.17) is 5.73 Å². The molecule has 0 bridgehead atoms. The first-order valence-electron chi connectivity index (χ1n) is 8.44. The van der Waals surface area contributed by atoms with Crippen molar-refractivity contribution in [3.8, 4) is 11.4 Å². The molecule has 0 aliphatic carbocycles. The quantitative estimate of drug-likeness (QED) is 0.621. The summed E-state index contributed by atoms with van der Waals surface area (Å²) in [6.07, 6.45) is 0. The van der Waals surface area contributed by atoms with Crippen LogP contribution >= 0.6 is 11.8 Å². The number of carbonyl (C=O) groups excluding carboxylic acids is 2. The van der Waals surface area contributed by atoms with Crippen molar-refractivity contribution in [2.45, 2.75) is 23.9 Å². The van der Waals surface area contributed by atoms with Crippen molar-refractivity contribution in [2.75, 3.05) is 0 Å². The Balaban J connectivity index is 1.97. The van der Waals surface area contributed by atoms with Crippen molar-refractivity contribution in [3.63, 3.8) is 0 Å². The van der Waals surface area contributed by atoms with Gasteiger partial charge >= 0.3 is 6.03 Å². The molecule has 3 amide bonds. The fraction of sp³-hybridized carbons (Fsp3) is 0.158. The Hall–Kier alpha value is -3.20. The van der Waals surface area contributed by atoms with Crippen LogP contribution in [0.1, 0.15) is 12.5 Å². The normalized spacial score (nSPS) is 11.8. The molecule has 0 saturated heterocycles. The van der Waals surface area contributed by atoms with Gasteiger partial charge in [-0.15, -0.1) is 10.2 Å². The Morgan fingerprint density at radius 1 is 1.14 bits per heavy atom. The zero-order valence-electron chi connectivity index (χ0n) is 15.0. The molecule has 0 radical (unpaired) electrons. The van der Waals surface area contributed by atoms with E-state index < -0.39 is 23.0 Å². The molecule has 0 aliphatic rings. The van der Waals surface area contributed by atoms with Crippen LogP contribution in [0.15, 0.2) is 59.8 Å². The number of carbonyl (C=O) groups is 2. The molecular weight excluding hydrogens is 381 g/mol. The summed E-state index contributed by atoms with van der Waals surface area (Å²) >= 11 is 1.11. The Bertz CT molecular complexity index is 993. The lowest BCUT2D eigenvalue weighted by molar-refractivity contribution is -0.119. The van der Waals surface area contributed by atoms with Gasteiger partial charge in [0, 0.05) is 0 Å². The molecule has 3 rings (SSSR count). The largest absolute Gasteiger partial charge is 0.351 e. The maximum absolute atomic E-state index is 14.3. The lowest BCUT2D eigenvalue weighted by Crippen LogP contribution is -2.39. The van der Waals surface area contributed by atoms with Crippen LogP contribution in [0.3, 0.4) is 0 Å². The number of halogens is 1. The third-order valence-corrected chi connectivity index (χ3v) is 4.99. The molecule has 1 heterocycles. The van der Waals surface area contributed by atoms with Crippen LogP contribution in [0.25, 0.3) is 11.4 Å². The summed E-state index contributed by atoms with van der Waals surface area (Å²) in [4.78, 5) is 22.9. The molecule has 3 N–H and O–H groups in total. The first-order valence-corrected chi connectivity index (χ1v) is 9.32. The summed E-state index contributed by atoms with van der Waals surface area (Å²) in [7, 11) is 0. The van der Waals surface area contributed by atoms with Gasteiger partial charge in [-0.05, 0) is 24.6 Å². The van der Waals surface area contributed by atoms with Crippen molar-refractivity contribution in [2.24, 2.45) is 5.73 Å². The van der Waals surface area contributed by atoms with Crippen molar-refractivity contribution >= 4 is 23.7 Å². The predicted molar refractivity (Wildman–Crippen MR) is 104 cm³/mol. The number of nitrogens with two attached hydrogens (primary N) is 1. The predicted octanol–water partition coefficient (Wildman–Crippen LogP) is 2.81. The minimum atomic E-state index is -0.921. The van der Waals surface area contributed by atoms with Crippen LogP contribution in [-0.2, 0) is 11.3 Å². The van der Waals surface area contributed by atoms with Crippen LogP contribution in [0, 0.1) is 5.82 Å². The molecule has 9 heteroatoms. The number of nitrogens with zero attached hydrogens (tertiary/aromatic N) is 3. The second-order valence-electron chi connectivity index (χ2n) is 5.97. The van der Waals surface area contributed by atoms with E-state index in [0.29, 0.717) is 23.1 Å². The van der Waals surface area contributed by atoms with E-state index >= 15 is 0 Å². The number of aromatic nitrogens is 3. The number of hydrogen-bond donors (Lipinski definition) is 2. The standard InChI is InChI=1S/C19H18FN5O2S/c1-12(17(26)22-18(21)27)28-19-24-23-16(14-9-5-6-10-15(14)20)25(19)11-13-7-3-2-4-8-13/h2-10,12H,11H2,1H3,(H3,21,22,26,27)/t12-/m1/s1. The zero-order valence-corrected chi connectivity index (χ0v) is 15.8. The molecule has 1 atom stereocenters. The fourth-order valence-corrected chi connectivity index (χ4v) is 3.41. The van der Waals surface area contributed by atoms with Gasteiger partial charge in [-0.2, -0.15) is 0 Å². The average Bonchev–Trinajstić information content (AvgIpc) is 3.04. The molecule has 1 aromatic heterocycles. The molecule has 0 aliphatic heterocycles. The van der Waals surface area contributed by atoms with Gasteiger partial charge in [-0.1, -0.05) is 54.2 Å². The van der Waals surface area contributed by atoms with E-state index in [1.807, 2.05) is 35.6 Å². The second kappa shape index (κ2) is 8.66. The van der Waals surface area contributed by atoms with E-state index in [-0.39, 0.29) is 0 Å². The van der Waals surface area contributed by atoms with E-state index in [9.17, 15) is 14.0 Å². The van der Waals surface area contributed by atoms with Gasteiger partial charge in [0.15, 0.2) is 11.0 Å². The number of hydrogen-bond acceptors (Lipinski definition) is 5. The van der Waals surface area contributed by atoms with E-state index in [1.54, 1.807) is 29.7 Å². The van der Waals surface area contributed by atoms with Crippen molar-refractivity contribution in [3.05, 3.63) is 66.0 Å². The Labute approximate surface area is 165 Å². The summed E-state index contributed by atoms with van der Waals surface area (Å²) in [5.74, 6) is -0.605. The Morgan fingerprint density at radius 3 is 2.50 bits per heavy atom. The summed E-state index contributed by atoms with van der Waals surface area (Å²) in [5.41, 5.74) is 6.28. The van der Waals surface area contributed by atoms with Gasteiger partial charge in [0.05, 0.1) is 17.4 Å². The zero-order chi connectivity index (χ0) is 20.1. The second-order valence-corrected chi connectivity index (χ2v) is 7.28. The van der Waals surface area contributed by atoms with Gasteiger partial charge in [-0.3, -0.25) is 14.7 Å². The van der Waals surface area contributed by atoms with Crippen molar-refractivity contribution in [1.29, 1.82) is 0 Å². The molecule has 3 aromatic rings. The van der Waals surface area contributed by atoms with E-state index in [0.717, 1.165) is 17.3 Å². The molecule has 2 aromatic carbocycles. The van der Waals surface area contributed by atoms with Crippen molar-refractivity contribution < 1.29 is 14.0 Å². The van der Waals surface area contributed by atoms with Gasteiger partial charge in [0.25, 0.3) is 0 Å². The van der Waals surface area contributed by atoms with Gasteiger partial charge in [-0.25, -0.2) is 9.18 Å². The maximum Gasteiger partial charge on any atom is 0.318 e. The third kappa shape index (κ3) is 4.55. The van der Waals surface area contributed by atoms with Gasteiger partial charge in [0.2, 0.25) is 5.91 Å². The maximum atomic E-state index is 14.3. The molecule has 0 unspecified atom stereocenters. The lowest BCUT2D eigenvalue weighted by atomic mass is 10.2. The molecule has 0 saturated carbocycles. The Kier molecular flexibility index (Phi) is 6.05. The summed E-state index contributed by atoms with van der Waals surface area (Å²) in [6.45, 7) is 2.01. The molecule has 7 nitrogen and oxygen atoms in total. The summed E-state index contributed by atoms with van der Waals surface area (Å²) < 4.78 is 16.1. The monoisotopic (exact) mass is 399 g/mol. The minimum Gasteiger partial charge on any atom is -0.351 e. The highest BCUT2D eigenvalue weighted by molar-refractivity contribution is 8.00. The summed E-state index contributed by atoms with van der Waals surface area (Å²) in [5, 5.41) is 10.1. The summed E-state index contributed by atoms with van der Waals surface area (Å²) in [6, 6.07) is 14.9. The molecular formula is C19H18FN5O2S. The number of nitrogens with one attached hydrogen (secondary N) is 1. The number of benzene rings is 2. The van der Waals surface area contributed by atoms with Crippen LogP contribution in [0.2, 0.25) is 0 Å². The number of thioether (sulfide) groups is 1. The van der Waals surface area contributed by atoms with Crippen LogP contribution in [-0.4, -0.2) is 32.0 Å². The highest BCUT2D eigenvalue weighted by Crippen LogP contribution is 2.29. The highest BCUT2D eigenvalue weighted by atomic mass is 32.2. The molecule has 0 fully saturated rings. The molecule has 0 spiro atoms. The van der Waals surface area contributed by atoms with Crippen LogP contribution in [0.4, 0.5) is 9.18 Å². The SMILES string of the molecule is C[C@@H](Sc1nnc(-c2ccccc2F)n1Cc1ccccc1)C(=O)NC(N)=O. The smallest absolute Gasteiger partial charge is 0.318 e. The highest BCUT2D eigenvalue weighted by Gasteiger charge is 2.22. The third-order valence-electron chi connectivity index (χ3n) is 3.91. The number of urea groups is 1. The van der Waals surface area contributed by atoms with Gasteiger partial charge < -0.3 is 5.73 Å². The minimum absolute atomic E-state index is 0.312. The van der Waals surface area contributed by atoms with Gasteiger partial charge in [0.1, 0.15) is 5.82 Å². The van der Waals surface area contributed by atoms with Crippen LogP contribution in [0.5, 0.6) is 0 Å². The van der Waals surface area contributed by atoms with E-state index in [1.165, 1.54) is 6.07 Å². The first kappa shape index (κ1) is 19.6. The number of primary amides is 1. The topological polar surface area (TPSA) is 103 Å². The Morgan fingerprint density at radius 2 is 1.82 bits per heavy atom. The first-order chi connectivity index (χ1) is 13.5. The van der Waals surface area contributed by atoms with E-state index in [2.05, 4.69) is 10.2 Å².